The number of hydrazine groups is 1. The first-order valence-electron chi connectivity index (χ1n) is 8.03. The predicted octanol–water partition coefficient (Wildman–Crippen LogP) is 2.18. The summed E-state index contributed by atoms with van der Waals surface area (Å²) in [6.45, 7) is -3.11. The molecule has 0 bridgehead atoms. The van der Waals surface area contributed by atoms with Gasteiger partial charge in [0.05, 0.1) is 20.8 Å². The molecule has 0 aliphatic heterocycles. The van der Waals surface area contributed by atoms with E-state index in [-0.39, 0.29) is 23.6 Å². The third-order valence-electron chi connectivity index (χ3n) is 3.50. The molecule has 10 heteroatoms. The molecule has 2 amide bonds. The highest BCUT2D eigenvalue weighted by Crippen LogP contribution is 2.29. The lowest BCUT2D eigenvalue weighted by Gasteiger charge is -2.12. The second-order valence-corrected chi connectivity index (χ2v) is 5.33. The number of rotatable bonds is 8. The third kappa shape index (κ3) is 6.01. The Bertz CT molecular complexity index is 815. The van der Waals surface area contributed by atoms with Crippen molar-refractivity contribution in [2.45, 2.75) is 6.61 Å². The summed E-state index contributed by atoms with van der Waals surface area (Å²) in [6.07, 6.45) is 0. The molecule has 28 heavy (non-hydrogen) atoms. The highest BCUT2D eigenvalue weighted by molar-refractivity contribution is 5.96. The molecule has 2 aromatic rings. The Hall–Kier alpha value is -3.56. The van der Waals surface area contributed by atoms with Crippen LogP contribution in [0.25, 0.3) is 0 Å². The molecule has 0 fully saturated rings. The number of benzene rings is 2. The van der Waals surface area contributed by atoms with Crippen molar-refractivity contribution >= 4 is 17.5 Å². The summed E-state index contributed by atoms with van der Waals surface area (Å²) in [5.41, 5.74) is 5.24. The SMILES string of the molecule is COc1ccc(NCC(=O)NNC(=O)c2ccc(OC(F)F)c(OC)c2)cc1. The van der Waals surface area contributed by atoms with E-state index in [4.69, 9.17) is 9.47 Å². The van der Waals surface area contributed by atoms with Gasteiger partial charge in [0.25, 0.3) is 11.8 Å². The first kappa shape index (κ1) is 20.7. The lowest BCUT2D eigenvalue weighted by molar-refractivity contribution is -0.120. The maximum Gasteiger partial charge on any atom is 0.387 e. The van der Waals surface area contributed by atoms with E-state index in [1.165, 1.54) is 25.3 Å². The molecule has 3 N–H and O–H groups in total. The van der Waals surface area contributed by atoms with Crippen LogP contribution in [-0.2, 0) is 4.79 Å². The number of carbonyl (C=O) groups is 2. The molecule has 2 aromatic carbocycles. The Labute approximate surface area is 159 Å². The van der Waals surface area contributed by atoms with Gasteiger partial charge in [0, 0.05) is 11.3 Å². The first-order valence-corrected chi connectivity index (χ1v) is 8.03. The van der Waals surface area contributed by atoms with Crippen LogP contribution in [0.5, 0.6) is 17.2 Å². The molecule has 0 saturated carbocycles. The quantitative estimate of drug-likeness (QED) is 0.593. The van der Waals surface area contributed by atoms with Crippen LogP contribution < -0.4 is 30.4 Å². The number of ether oxygens (including phenoxy) is 3. The average Bonchev–Trinajstić information content (AvgIpc) is 2.70. The average molecular weight is 395 g/mol. The van der Waals surface area contributed by atoms with Crippen molar-refractivity contribution in [1.29, 1.82) is 0 Å². The minimum atomic E-state index is -3.02. The van der Waals surface area contributed by atoms with Crippen LogP contribution in [0.4, 0.5) is 14.5 Å². The van der Waals surface area contributed by atoms with Gasteiger partial charge in [-0.05, 0) is 42.5 Å². The second-order valence-electron chi connectivity index (χ2n) is 5.33. The van der Waals surface area contributed by atoms with Crippen molar-refractivity contribution < 1.29 is 32.6 Å². The lowest BCUT2D eigenvalue weighted by atomic mass is 10.2. The molecule has 150 valence electrons. The molecular weight excluding hydrogens is 376 g/mol. The molecule has 2 rings (SSSR count). The van der Waals surface area contributed by atoms with E-state index in [9.17, 15) is 18.4 Å². The molecule has 0 unspecified atom stereocenters. The molecule has 0 aliphatic rings. The van der Waals surface area contributed by atoms with Gasteiger partial charge in [0.15, 0.2) is 11.5 Å². The van der Waals surface area contributed by atoms with E-state index in [2.05, 4.69) is 20.9 Å². The fourth-order valence-electron chi connectivity index (χ4n) is 2.14. The van der Waals surface area contributed by atoms with Gasteiger partial charge in [-0.1, -0.05) is 0 Å². The molecular formula is C18H19F2N3O5. The minimum absolute atomic E-state index is 0.0413. The van der Waals surface area contributed by atoms with Crippen molar-refractivity contribution in [2.75, 3.05) is 26.1 Å². The molecule has 0 radical (unpaired) electrons. The van der Waals surface area contributed by atoms with E-state index >= 15 is 0 Å². The fourth-order valence-corrected chi connectivity index (χ4v) is 2.14. The Morgan fingerprint density at radius 2 is 1.68 bits per heavy atom. The second kappa shape index (κ2) is 9.95. The predicted molar refractivity (Wildman–Crippen MR) is 96.7 cm³/mol. The summed E-state index contributed by atoms with van der Waals surface area (Å²) in [5.74, 6) is -0.710. The van der Waals surface area contributed by atoms with Crippen LogP contribution in [0.15, 0.2) is 42.5 Å². The molecule has 0 heterocycles. The number of alkyl halides is 2. The first-order chi connectivity index (χ1) is 13.4. The molecule has 8 nitrogen and oxygen atoms in total. The number of halogens is 2. The van der Waals surface area contributed by atoms with Crippen molar-refractivity contribution in [3.63, 3.8) is 0 Å². The van der Waals surface area contributed by atoms with Crippen molar-refractivity contribution in [2.24, 2.45) is 0 Å². The fraction of sp³-hybridized carbons (Fsp3) is 0.222. The van der Waals surface area contributed by atoms with E-state index in [0.29, 0.717) is 11.4 Å². The third-order valence-corrected chi connectivity index (χ3v) is 3.50. The van der Waals surface area contributed by atoms with Gasteiger partial charge in [-0.25, -0.2) is 0 Å². The summed E-state index contributed by atoms with van der Waals surface area (Å²) in [6, 6.07) is 10.6. The van der Waals surface area contributed by atoms with Crippen molar-refractivity contribution in [3.05, 3.63) is 48.0 Å². The topological polar surface area (TPSA) is 97.9 Å². The Balaban J connectivity index is 1.85. The number of nitrogens with one attached hydrogen (secondary N) is 3. The summed E-state index contributed by atoms with van der Waals surface area (Å²) in [7, 11) is 2.80. The zero-order chi connectivity index (χ0) is 20.5. The Morgan fingerprint density at radius 3 is 2.29 bits per heavy atom. The Kier molecular flexibility index (Phi) is 7.37. The number of carbonyl (C=O) groups excluding carboxylic acids is 2. The summed E-state index contributed by atoms with van der Waals surface area (Å²) in [4.78, 5) is 23.9. The van der Waals surface area contributed by atoms with Crippen molar-refractivity contribution in [3.8, 4) is 17.2 Å². The van der Waals surface area contributed by atoms with Crippen LogP contribution in [0.3, 0.4) is 0 Å². The van der Waals surface area contributed by atoms with Gasteiger partial charge in [-0.15, -0.1) is 0 Å². The van der Waals surface area contributed by atoms with Gasteiger partial charge in [0.2, 0.25) is 0 Å². The number of methoxy groups -OCH3 is 2. The molecule has 0 saturated heterocycles. The van der Waals surface area contributed by atoms with Crippen molar-refractivity contribution in [1.82, 2.24) is 10.9 Å². The van der Waals surface area contributed by atoms with Gasteiger partial charge in [0.1, 0.15) is 5.75 Å². The molecule has 0 aliphatic carbocycles. The van der Waals surface area contributed by atoms with Crippen LogP contribution in [-0.4, -0.2) is 39.2 Å². The van der Waals surface area contributed by atoms with Gasteiger partial charge in [-0.2, -0.15) is 8.78 Å². The molecule has 0 atom stereocenters. The summed E-state index contributed by atoms with van der Waals surface area (Å²) in [5, 5.41) is 2.88. The van der Waals surface area contributed by atoms with Gasteiger partial charge >= 0.3 is 6.61 Å². The largest absolute Gasteiger partial charge is 0.497 e. The highest BCUT2D eigenvalue weighted by atomic mass is 19.3. The summed E-state index contributed by atoms with van der Waals surface area (Å²) >= 11 is 0. The zero-order valence-electron chi connectivity index (χ0n) is 15.1. The lowest BCUT2D eigenvalue weighted by Crippen LogP contribution is -2.44. The highest BCUT2D eigenvalue weighted by Gasteiger charge is 2.14. The van der Waals surface area contributed by atoms with E-state index < -0.39 is 18.4 Å². The number of anilines is 1. The van der Waals surface area contributed by atoms with E-state index in [1.54, 1.807) is 31.4 Å². The smallest absolute Gasteiger partial charge is 0.387 e. The van der Waals surface area contributed by atoms with Crippen LogP contribution >= 0.6 is 0 Å². The normalized spacial score (nSPS) is 10.2. The van der Waals surface area contributed by atoms with E-state index in [1.807, 2.05) is 0 Å². The maximum absolute atomic E-state index is 12.3. The number of hydrogen-bond acceptors (Lipinski definition) is 6. The van der Waals surface area contributed by atoms with Crippen LogP contribution in [0.1, 0.15) is 10.4 Å². The standard InChI is InChI=1S/C18H19F2N3O5/c1-26-13-6-4-12(5-7-13)21-10-16(24)22-23-17(25)11-3-8-14(28-18(19)20)15(9-11)27-2/h3-9,18,21H,10H2,1-2H3,(H,22,24)(H,23,25). The van der Waals surface area contributed by atoms with Crippen LogP contribution in [0.2, 0.25) is 0 Å². The number of hydrogen-bond donors (Lipinski definition) is 3. The minimum Gasteiger partial charge on any atom is -0.497 e. The number of amides is 2. The van der Waals surface area contributed by atoms with Crippen LogP contribution in [0, 0.1) is 0 Å². The Morgan fingerprint density at radius 1 is 0.964 bits per heavy atom. The van der Waals surface area contributed by atoms with Gasteiger partial charge in [-0.3, -0.25) is 20.4 Å². The molecule has 0 aromatic heterocycles. The zero-order valence-corrected chi connectivity index (χ0v) is 15.1. The van der Waals surface area contributed by atoms with Gasteiger partial charge < -0.3 is 19.5 Å². The molecule has 0 spiro atoms. The summed E-state index contributed by atoms with van der Waals surface area (Å²) < 4.78 is 38.9. The maximum atomic E-state index is 12.3. The monoisotopic (exact) mass is 395 g/mol. The van der Waals surface area contributed by atoms with E-state index in [0.717, 1.165) is 0 Å².